The van der Waals surface area contributed by atoms with Crippen LogP contribution in [-0.2, 0) is 0 Å². The van der Waals surface area contributed by atoms with Gasteiger partial charge in [0.15, 0.2) is 5.78 Å². The predicted molar refractivity (Wildman–Crippen MR) is 80.0 cm³/mol. The number of nitrogens with two attached hydrogens (primary N) is 1. The van der Waals surface area contributed by atoms with E-state index in [0.717, 1.165) is 0 Å². The van der Waals surface area contributed by atoms with Crippen molar-refractivity contribution in [2.75, 3.05) is 12.8 Å². The molecule has 0 atom stereocenters. The summed E-state index contributed by atoms with van der Waals surface area (Å²) in [6, 6.07) is 9.94. The third-order valence-electron chi connectivity index (χ3n) is 2.65. The summed E-state index contributed by atoms with van der Waals surface area (Å²) in [6.45, 7) is 0. The third-order valence-corrected chi connectivity index (χ3v) is 3.60. The van der Waals surface area contributed by atoms with Crippen LogP contribution in [0.25, 0.3) is 0 Å². The first-order valence-electron chi connectivity index (χ1n) is 5.46. The fraction of sp³-hybridized carbons (Fsp3) is 0.0714. The maximum Gasteiger partial charge on any atom is 0.194 e. The monoisotopic (exact) mass is 339 g/mol. The molecule has 0 spiro atoms. The maximum atomic E-state index is 12.4. The average Bonchev–Trinajstić information content (AvgIpc) is 2.40. The van der Waals surface area contributed by atoms with Crippen LogP contribution in [0.5, 0.6) is 5.75 Å². The van der Waals surface area contributed by atoms with Crippen LogP contribution in [-0.4, -0.2) is 12.9 Å². The first kappa shape index (κ1) is 13.9. The Kier molecular flexibility index (Phi) is 4.12. The highest BCUT2D eigenvalue weighted by molar-refractivity contribution is 9.10. The number of benzene rings is 2. The number of nitrogen functional groups attached to an aromatic ring is 1. The van der Waals surface area contributed by atoms with Crippen molar-refractivity contribution in [3.8, 4) is 5.75 Å². The topological polar surface area (TPSA) is 52.3 Å². The summed E-state index contributed by atoms with van der Waals surface area (Å²) in [7, 11) is 1.57. The molecule has 0 heterocycles. The first-order chi connectivity index (χ1) is 9.02. The molecular formula is C14H11BrClNO2. The summed E-state index contributed by atoms with van der Waals surface area (Å²) in [5.41, 5.74) is 7.08. The molecule has 3 nitrogen and oxygen atoms in total. The highest BCUT2D eigenvalue weighted by atomic mass is 79.9. The highest BCUT2D eigenvalue weighted by Crippen LogP contribution is 2.28. The number of methoxy groups -OCH3 is 1. The van der Waals surface area contributed by atoms with Crippen molar-refractivity contribution in [2.45, 2.75) is 0 Å². The number of ketones is 1. The molecule has 2 aromatic carbocycles. The molecule has 0 aliphatic heterocycles. The molecule has 0 saturated heterocycles. The van der Waals surface area contributed by atoms with Gasteiger partial charge in [0, 0.05) is 16.8 Å². The Morgan fingerprint density at radius 2 is 2.00 bits per heavy atom. The molecule has 0 amide bonds. The predicted octanol–water partition coefficient (Wildman–Crippen LogP) is 3.92. The van der Waals surface area contributed by atoms with Gasteiger partial charge in [-0.15, -0.1) is 0 Å². The Labute approximate surface area is 124 Å². The van der Waals surface area contributed by atoms with E-state index in [-0.39, 0.29) is 5.78 Å². The molecule has 0 fully saturated rings. The number of carbonyl (C=O) groups is 1. The molecule has 5 heteroatoms. The molecule has 0 saturated carbocycles. The Morgan fingerprint density at radius 3 is 2.63 bits per heavy atom. The number of ether oxygens (including phenoxy) is 1. The Morgan fingerprint density at radius 1 is 1.26 bits per heavy atom. The van der Waals surface area contributed by atoms with E-state index in [1.807, 2.05) is 0 Å². The first-order valence-corrected chi connectivity index (χ1v) is 6.63. The Hall–Kier alpha value is -1.52. The van der Waals surface area contributed by atoms with Gasteiger partial charge in [0.25, 0.3) is 0 Å². The second-order valence-corrected chi connectivity index (χ2v) is 5.18. The van der Waals surface area contributed by atoms with Gasteiger partial charge in [-0.1, -0.05) is 11.6 Å². The second-order valence-electron chi connectivity index (χ2n) is 3.92. The van der Waals surface area contributed by atoms with Crippen molar-refractivity contribution in [3.63, 3.8) is 0 Å². The van der Waals surface area contributed by atoms with Gasteiger partial charge in [-0.3, -0.25) is 4.79 Å². The zero-order valence-electron chi connectivity index (χ0n) is 10.1. The van der Waals surface area contributed by atoms with Gasteiger partial charge in [-0.05, 0) is 52.3 Å². The quantitative estimate of drug-likeness (QED) is 0.680. The van der Waals surface area contributed by atoms with Crippen LogP contribution in [0.3, 0.4) is 0 Å². The minimum Gasteiger partial charge on any atom is -0.496 e. The van der Waals surface area contributed by atoms with E-state index in [2.05, 4.69) is 15.9 Å². The van der Waals surface area contributed by atoms with E-state index in [4.69, 9.17) is 22.1 Å². The van der Waals surface area contributed by atoms with E-state index in [1.54, 1.807) is 43.5 Å². The van der Waals surface area contributed by atoms with Gasteiger partial charge in [-0.2, -0.15) is 0 Å². The van der Waals surface area contributed by atoms with Gasteiger partial charge in [-0.25, -0.2) is 0 Å². The van der Waals surface area contributed by atoms with Crippen LogP contribution >= 0.6 is 27.5 Å². The fourth-order valence-electron chi connectivity index (χ4n) is 1.68. The van der Waals surface area contributed by atoms with Crippen molar-refractivity contribution < 1.29 is 9.53 Å². The van der Waals surface area contributed by atoms with Crippen molar-refractivity contribution in [3.05, 3.63) is 57.0 Å². The van der Waals surface area contributed by atoms with Crippen molar-refractivity contribution in [1.29, 1.82) is 0 Å². The maximum absolute atomic E-state index is 12.4. The lowest BCUT2D eigenvalue weighted by atomic mass is 10.0. The summed E-state index contributed by atoms with van der Waals surface area (Å²) in [4.78, 5) is 12.4. The van der Waals surface area contributed by atoms with E-state index in [1.165, 1.54) is 0 Å². The number of hydrogen-bond donors (Lipinski definition) is 1. The van der Waals surface area contributed by atoms with Crippen molar-refractivity contribution in [2.24, 2.45) is 0 Å². The van der Waals surface area contributed by atoms with E-state index < -0.39 is 0 Å². The summed E-state index contributed by atoms with van der Waals surface area (Å²) in [6.07, 6.45) is 0. The van der Waals surface area contributed by atoms with E-state index in [0.29, 0.717) is 32.1 Å². The molecule has 0 aliphatic rings. The van der Waals surface area contributed by atoms with Crippen molar-refractivity contribution >= 4 is 39.0 Å². The lowest BCUT2D eigenvalue weighted by Crippen LogP contribution is -2.03. The Bertz CT molecular complexity index is 643. The number of carbonyl (C=O) groups excluding carboxylic acids is 1. The minimum atomic E-state index is -0.180. The van der Waals surface area contributed by atoms with Crippen LogP contribution < -0.4 is 10.5 Å². The van der Waals surface area contributed by atoms with Crippen LogP contribution in [0, 0.1) is 0 Å². The third kappa shape index (κ3) is 2.91. The normalized spacial score (nSPS) is 10.3. The van der Waals surface area contributed by atoms with Gasteiger partial charge in [0.05, 0.1) is 16.6 Å². The summed E-state index contributed by atoms with van der Waals surface area (Å²) < 4.78 is 5.83. The van der Waals surface area contributed by atoms with Gasteiger partial charge >= 0.3 is 0 Å². The smallest absolute Gasteiger partial charge is 0.194 e. The number of rotatable bonds is 3. The van der Waals surface area contributed by atoms with E-state index >= 15 is 0 Å². The fourth-order valence-corrected chi connectivity index (χ4v) is 2.42. The lowest BCUT2D eigenvalue weighted by Gasteiger charge is -2.07. The average molecular weight is 341 g/mol. The molecule has 98 valence electrons. The zero-order valence-corrected chi connectivity index (χ0v) is 12.5. The van der Waals surface area contributed by atoms with Crippen LogP contribution in [0.1, 0.15) is 15.9 Å². The number of halogens is 2. The molecule has 2 rings (SSSR count). The molecule has 2 aromatic rings. The lowest BCUT2D eigenvalue weighted by molar-refractivity contribution is 0.103. The second kappa shape index (κ2) is 5.63. The van der Waals surface area contributed by atoms with Crippen LogP contribution in [0.15, 0.2) is 40.9 Å². The van der Waals surface area contributed by atoms with Crippen LogP contribution in [0.4, 0.5) is 5.69 Å². The zero-order chi connectivity index (χ0) is 14.0. The minimum absolute atomic E-state index is 0.180. The highest BCUT2D eigenvalue weighted by Gasteiger charge is 2.14. The molecule has 0 aliphatic carbocycles. The molecule has 0 bridgehead atoms. The molecular weight excluding hydrogens is 330 g/mol. The Balaban J connectivity index is 2.44. The van der Waals surface area contributed by atoms with Gasteiger partial charge < -0.3 is 10.5 Å². The molecule has 0 radical (unpaired) electrons. The largest absolute Gasteiger partial charge is 0.496 e. The number of anilines is 1. The molecule has 2 N–H and O–H groups in total. The molecule has 0 unspecified atom stereocenters. The molecule has 19 heavy (non-hydrogen) atoms. The molecule has 0 aromatic heterocycles. The summed E-state index contributed by atoms with van der Waals surface area (Å²) >= 11 is 9.37. The van der Waals surface area contributed by atoms with Gasteiger partial charge in [0.2, 0.25) is 0 Å². The number of hydrogen-bond acceptors (Lipinski definition) is 3. The standard InChI is InChI=1S/C14H11BrClNO2/c1-19-13-5-2-8(6-11(13)15)14(18)10-7-9(17)3-4-12(10)16/h2-7H,17H2,1H3. The van der Waals surface area contributed by atoms with Crippen LogP contribution in [0.2, 0.25) is 5.02 Å². The van der Waals surface area contributed by atoms with Crippen molar-refractivity contribution in [1.82, 2.24) is 0 Å². The summed E-state index contributed by atoms with van der Waals surface area (Å²) in [5, 5.41) is 0.381. The van der Waals surface area contributed by atoms with Gasteiger partial charge in [0.1, 0.15) is 5.75 Å². The van der Waals surface area contributed by atoms with E-state index in [9.17, 15) is 4.79 Å². The SMILES string of the molecule is COc1ccc(C(=O)c2cc(N)ccc2Cl)cc1Br. The summed E-state index contributed by atoms with van der Waals surface area (Å²) in [5.74, 6) is 0.482.